The van der Waals surface area contributed by atoms with E-state index in [0.29, 0.717) is 17.4 Å². The first-order chi connectivity index (χ1) is 11.0. The molecule has 122 valence electrons. The Morgan fingerprint density at radius 3 is 2.83 bits per heavy atom. The minimum Gasteiger partial charge on any atom is -0.461 e. The second-order valence-corrected chi connectivity index (χ2v) is 6.50. The van der Waals surface area contributed by atoms with Gasteiger partial charge in [0.05, 0.1) is 12.3 Å². The van der Waals surface area contributed by atoms with Crippen molar-refractivity contribution in [2.24, 2.45) is 5.92 Å². The van der Waals surface area contributed by atoms with Crippen LogP contribution in [0.1, 0.15) is 41.5 Å². The highest BCUT2D eigenvalue weighted by Gasteiger charge is 2.30. The van der Waals surface area contributed by atoms with Crippen molar-refractivity contribution in [1.29, 1.82) is 0 Å². The molecule has 6 nitrogen and oxygen atoms in total. The van der Waals surface area contributed by atoms with Gasteiger partial charge < -0.3 is 15.0 Å². The molecule has 1 saturated carbocycles. The third-order valence-electron chi connectivity index (χ3n) is 3.86. The van der Waals surface area contributed by atoms with Crippen molar-refractivity contribution >= 4 is 28.3 Å². The van der Waals surface area contributed by atoms with Gasteiger partial charge in [0.25, 0.3) is 0 Å². The van der Waals surface area contributed by atoms with E-state index in [4.69, 9.17) is 4.74 Å². The van der Waals surface area contributed by atoms with Crippen LogP contribution in [0.2, 0.25) is 0 Å². The highest BCUT2D eigenvalue weighted by atomic mass is 32.1. The zero-order valence-electron chi connectivity index (χ0n) is 13.4. The molecule has 1 amide bonds. The van der Waals surface area contributed by atoms with E-state index in [9.17, 15) is 9.59 Å². The van der Waals surface area contributed by atoms with E-state index in [1.807, 2.05) is 19.2 Å². The molecule has 0 radical (unpaired) electrons. The number of carbonyl (C=O) groups excluding carboxylic acids is 2. The monoisotopic (exact) mass is 333 g/mol. The average molecular weight is 333 g/mol. The van der Waals surface area contributed by atoms with Crippen LogP contribution in [0.25, 0.3) is 11.3 Å². The number of H-pyrrole nitrogens is 1. The van der Waals surface area contributed by atoms with Crippen molar-refractivity contribution in [2.45, 2.75) is 33.6 Å². The van der Waals surface area contributed by atoms with Crippen LogP contribution in [0.3, 0.4) is 0 Å². The molecule has 0 aromatic carbocycles. The van der Waals surface area contributed by atoms with Crippen molar-refractivity contribution in [3.05, 3.63) is 22.3 Å². The van der Waals surface area contributed by atoms with Gasteiger partial charge in [0.2, 0.25) is 5.91 Å². The van der Waals surface area contributed by atoms with E-state index < -0.39 is 0 Å². The van der Waals surface area contributed by atoms with Gasteiger partial charge in [-0.2, -0.15) is 0 Å². The first-order valence-corrected chi connectivity index (χ1v) is 8.52. The lowest BCUT2D eigenvalue weighted by Crippen LogP contribution is -2.12. The molecule has 0 spiro atoms. The molecule has 0 saturated heterocycles. The quantitative estimate of drug-likeness (QED) is 0.823. The number of rotatable bonds is 5. The summed E-state index contributed by atoms with van der Waals surface area (Å²) in [7, 11) is 0. The van der Waals surface area contributed by atoms with E-state index in [1.54, 1.807) is 6.92 Å². The highest BCUT2D eigenvalue weighted by Crippen LogP contribution is 2.34. The summed E-state index contributed by atoms with van der Waals surface area (Å²) in [5, 5.41) is 5.33. The molecular weight excluding hydrogens is 314 g/mol. The fourth-order valence-corrected chi connectivity index (χ4v) is 3.24. The largest absolute Gasteiger partial charge is 0.461 e. The van der Waals surface area contributed by atoms with Crippen molar-refractivity contribution in [3.63, 3.8) is 0 Å². The fourth-order valence-electron chi connectivity index (χ4n) is 2.54. The van der Waals surface area contributed by atoms with E-state index in [2.05, 4.69) is 15.3 Å². The number of esters is 1. The summed E-state index contributed by atoms with van der Waals surface area (Å²) in [6.07, 6.45) is 1.92. The van der Waals surface area contributed by atoms with Gasteiger partial charge in [-0.1, -0.05) is 0 Å². The van der Waals surface area contributed by atoms with Crippen molar-refractivity contribution in [1.82, 2.24) is 9.97 Å². The number of anilines is 1. The number of nitrogens with zero attached hydrogens (tertiary/aromatic N) is 1. The number of aryl methyl sites for hydroxylation is 1. The first kappa shape index (κ1) is 15.7. The molecule has 1 aliphatic carbocycles. The SMILES string of the molecule is CCOC(=O)c1[nH]c(C)c(-c2csc(NC(=O)C3CC3)n2)c1C. The third-order valence-corrected chi connectivity index (χ3v) is 4.61. The van der Waals surface area contributed by atoms with Crippen molar-refractivity contribution in [3.8, 4) is 11.3 Å². The molecule has 1 aliphatic rings. The fraction of sp³-hybridized carbons (Fsp3) is 0.438. The molecule has 1 fully saturated rings. The Kier molecular flexibility index (Phi) is 4.21. The van der Waals surface area contributed by atoms with E-state index in [-0.39, 0.29) is 17.8 Å². The second-order valence-electron chi connectivity index (χ2n) is 5.65. The molecule has 3 rings (SSSR count). The molecule has 0 aliphatic heterocycles. The van der Waals surface area contributed by atoms with Crippen LogP contribution in [0.4, 0.5) is 5.13 Å². The minimum absolute atomic E-state index is 0.0422. The van der Waals surface area contributed by atoms with E-state index in [0.717, 1.165) is 35.4 Å². The Bertz CT molecular complexity index is 759. The van der Waals surface area contributed by atoms with Crippen LogP contribution in [-0.2, 0) is 9.53 Å². The van der Waals surface area contributed by atoms with Gasteiger partial charge in [0.15, 0.2) is 5.13 Å². The molecule has 2 heterocycles. The number of aromatic amines is 1. The zero-order chi connectivity index (χ0) is 16.6. The summed E-state index contributed by atoms with van der Waals surface area (Å²) in [5.74, 6) is -0.175. The Labute approximate surface area is 138 Å². The third kappa shape index (κ3) is 3.14. The summed E-state index contributed by atoms with van der Waals surface area (Å²) < 4.78 is 5.06. The molecule has 0 bridgehead atoms. The van der Waals surface area contributed by atoms with Crippen molar-refractivity contribution < 1.29 is 14.3 Å². The Hall–Kier alpha value is -2.15. The average Bonchev–Trinajstić information content (AvgIpc) is 3.20. The van der Waals surface area contributed by atoms with Crippen LogP contribution in [0, 0.1) is 19.8 Å². The topological polar surface area (TPSA) is 84.1 Å². The van der Waals surface area contributed by atoms with E-state index in [1.165, 1.54) is 11.3 Å². The first-order valence-electron chi connectivity index (χ1n) is 7.64. The number of carbonyl (C=O) groups is 2. The van der Waals surface area contributed by atoms with Crippen molar-refractivity contribution in [2.75, 3.05) is 11.9 Å². The summed E-state index contributed by atoms with van der Waals surface area (Å²) in [6.45, 7) is 5.87. The maximum Gasteiger partial charge on any atom is 0.355 e. The van der Waals surface area contributed by atoms with Crippen LogP contribution in [-0.4, -0.2) is 28.5 Å². The standard InChI is InChI=1S/C16H19N3O3S/c1-4-22-15(21)13-8(2)12(9(3)17-13)11-7-23-16(18-11)19-14(20)10-5-6-10/h7,10,17H,4-6H2,1-3H3,(H,18,19,20). The lowest BCUT2D eigenvalue weighted by Gasteiger charge is -2.01. The van der Waals surface area contributed by atoms with Gasteiger partial charge in [-0.25, -0.2) is 9.78 Å². The molecule has 2 aromatic heterocycles. The Morgan fingerprint density at radius 2 is 2.17 bits per heavy atom. The van der Waals surface area contributed by atoms with Gasteiger partial charge in [-0.3, -0.25) is 4.79 Å². The number of hydrogen-bond donors (Lipinski definition) is 2. The smallest absolute Gasteiger partial charge is 0.355 e. The maximum atomic E-state index is 12.0. The second kappa shape index (κ2) is 6.16. The summed E-state index contributed by atoms with van der Waals surface area (Å²) in [6, 6.07) is 0. The van der Waals surface area contributed by atoms with Gasteiger partial charge in [0, 0.05) is 22.6 Å². The molecule has 23 heavy (non-hydrogen) atoms. The lowest BCUT2D eigenvalue weighted by atomic mass is 10.1. The zero-order valence-corrected chi connectivity index (χ0v) is 14.2. The Balaban J connectivity index is 1.85. The predicted molar refractivity (Wildman–Crippen MR) is 88.7 cm³/mol. The van der Waals surface area contributed by atoms with Gasteiger partial charge >= 0.3 is 5.97 Å². The number of nitrogens with one attached hydrogen (secondary N) is 2. The number of thiazole rings is 1. The molecule has 2 aromatic rings. The summed E-state index contributed by atoms with van der Waals surface area (Å²) >= 11 is 1.39. The van der Waals surface area contributed by atoms with Crippen LogP contribution < -0.4 is 5.32 Å². The van der Waals surface area contributed by atoms with Crippen LogP contribution in [0.15, 0.2) is 5.38 Å². The Morgan fingerprint density at radius 1 is 1.43 bits per heavy atom. The molecule has 0 atom stereocenters. The number of aromatic nitrogens is 2. The minimum atomic E-state index is -0.364. The molecule has 2 N–H and O–H groups in total. The van der Waals surface area contributed by atoms with Gasteiger partial charge in [-0.15, -0.1) is 11.3 Å². The molecule has 7 heteroatoms. The summed E-state index contributed by atoms with van der Waals surface area (Å²) in [4.78, 5) is 31.3. The van der Waals surface area contributed by atoms with Gasteiger partial charge in [-0.05, 0) is 39.2 Å². The van der Waals surface area contributed by atoms with E-state index >= 15 is 0 Å². The van der Waals surface area contributed by atoms with Gasteiger partial charge in [0.1, 0.15) is 5.69 Å². The van der Waals surface area contributed by atoms with Crippen LogP contribution in [0.5, 0.6) is 0 Å². The number of amides is 1. The number of ether oxygens (including phenoxy) is 1. The molecule has 0 unspecified atom stereocenters. The summed E-state index contributed by atoms with van der Waals surface area (Å²) in [5.41, 5.74) is 3.76. The molecular formula is C16H19N3O3S. The number of hydrogen-bond acceptors (Lipinski definition) is 5. The maximum absolute atomic E-state index is 12.0. The normalized spacial score (nSPS) is 13.9. The lowest BCUT2D eigenvalue weighted by molar-refractivity contribution is -0.117. The van der Waals surface area contributed by atoms with Crippen LogP contribution >= 0.6 is 11.3 Å². The predicted octanol–water partition coefficient (Wildman–Crippen LogP) is 3.28. The highest BCUT2D eigenvalue weighted by molar-refractivity contribution is 7.14.